The van der Waals surface area contributed by atoms with Gasteiger partial charge in [0.05, 0.1) is 42.1 Å². The van der Waals surface area contributed by atoms with E-state index in [-0.39, 0.29) is 35.9 Å². The van der Waals surface area contributed by atoms with Crippen molar-refractivity contribution in [2.24, 2.45) is 11.8 Å². The molecule has 0 spiro atoms. The van der Waals surface area contributed by atoms with Gasteiger partial charge in [0.1, 0.15) is 35.6 Å². The van der Waals surface area contributed by atoms with E-state index in [2.05, 4.69) is 64.7 Å². The molecule has 8 rings (SSSR count). The first-order chi connectivity index (χ1) is 26.8. The Morgan fingerprint density at radius 3 is 2.62 bits per heavy atom. The maximum Gasteiger partial charge on any atom is 0.410 e. The van der Waals surface area contributed by atoms with Gasteiger partial charge in [-0.1, -0.05) is 45.4 Å². The summed E-state index contributed by atoms with van der Waals surface area (Å²) in [6.07, 6.45) is 4.11. The van der Waals surface area contributed by atoms with Crippen LogP contribution < -0.4 is 10.1 Å². The summed E-state index contributed by atoms with van der Waals surface area (Å²) in [5.41, 5.74) is 6.21. The second-order valence-electron chi connectivity index (χ2n) is 16.7. The van der Waals surface area contributed by atoms with Crippen LogP contribution >= 0.6 is 0 Å². The Morgan fingerprint density at radius 1 is 1.04 bits per heavy atom. The number of imidazole rings is 2. The molecule has 2 fully saturated rings. The molecule has 0 bridgehead atoms. The molecule has 3 aliphatic rings. The average Bonchev–Trinajstić information content (AvgIpc) is 4.00. The standard InChI is InChI=1S/C43H51N7O6/c1-8-24(3)36(48-41(52)54-7)40(51)50-21-23(2)16-34(50)38-44-20-32(46-38)26-11-13-28-27(17-26)22-55-35-19-29-25(18-30(28)35)12-14-31-37(29)47-39(45-31)33-10-9-15-49(33)42(53)56-43(4,5)6/h11-14,17-20,23-24,33-34,36H,8-10,15-16,21-22H2,1-7H3,(H,44,46)(H,45,47)(H,48,52). The number of methoxy groups -OCH3 is 1. The van der Waals surface area contributed by atoms with Gasteiger partial charge in [0.15, 0.2) is 0 Å². The number of aromatic nitrogens is 4. The molecular weight excluding hydrogens is 711 g/mol. The molecule has 13 nitrogen and oxygen atoms in total. The zero-order chi connectivity index (χ0) is 39.5. The van der Waals surface area contributed by atoms with Crippen molar-refractivity contribution in [2.45, 2.75) is 97.6 Å². The largest absolute Gasteiger partial charge is 0.488 e. The number of aromatic amines is 2. The number of hydrogen-bond acceptors (Lipinski definition) is 8. The van der Waals surface area contributed by atoms with Gasteiger partial charge in [-0.25, -0.2) is 19.6 Å². The summed E-state index contributed by atoms with van der Waals surface area (Å²) in [5, 5.41) is 4.81. The summed E-state index contributed by atoms with van der Waals surface area (Å²) >= 11 is 0. The number of alkyl carbamates (subject to hydrolysis) is 1. The van der Waals surface area contributed by atoms with E-state index in [1.165, 1.54) is 7.11 Å². The number of amides is 3. The Hall–Kier alpha value is -5.59. The first-order valence-corrected chi connectivity index (χ1v) is 19.7. The normalized spacial score (nSPS) is 20.4. The van der Waals surface area contributed by atoms with Crippen LogP contribution in [0.4, 0.5) is 9.59 Å². The van der Waals surface area contributed by atoms with Gasteiger partial charge in [0.2, 0.25) is 5.91 Å². The third-order valence-electron chi connectivity index (χ3n) is 11.5. The zero-order valence-electron chi connectivity index (χ0n) is 33.2. The lowest BCUT2D eigenvalue weighted by molar-refractivity contribution is -0.135. The van der Waals surface area contributed by atoms with E-state index in [0.29, 0.717) is 19.7 Å². The fourth-order valence-electron chi connectivity index (χ4n) is 8.47. The first-order valence-electron chi connectivity index (χ1n) is 19.7. The van der Waals surface area contributed by atoms with Crippen molar-refractivity contribution in [3.05, 3.63) is 65.9 Å². The Bertz CT molecular complexity index is 2320. The number of H-pyrrole nitrogens is 2. The first kappa shape index (κ1) is 37.3. The molecule has 0 saturated carbocycles. The van der Waals surface area contributed by atoms with Gasteiger partial charge in [0.25, 0.3) is 0 Å². The fraction of sp³-hybridized carbons (Fsp3) is 0.465. The monoisotopic (exact) mass is 761 g/mol. The van der Waals surface area contributed by atoms with Gasteiger partial charge in [-0.05, 0) is 98.2 Å². The number of rotatable bonds is 7. The minimum Gasteiger partial charge on any atom is -0.488 e. The SMILES string of the molecule is CCC(C)C(NC(=O)OC)C(=O)N1CC(C)CC1c1ncc(-c2ccc3c(c2)COc2cc4c(ccc5[nH]c(C6CCCN6C(=O)OC(C)(C)C)nc54)cc2-3)[nH]1. The molecule has 0 radical (unpaired) electrons. The smallest absolute Gasteiger partial charge is 0.410 e. The molecule has 2 aromatic heterocycles. The van der Waals surface area contributed by atoms with E-state index < -0.39 is 17.7 Å². The van der Waals surface area contributed by atoms with Crippen LogP contribution in [0.15, 0.2) is 48.7 Å². The van der Waals surface area contributed by atoms with Gasteiger partial charge < -0.3 is 34.4 Å². The van der Waals surface area contributed by atoms with Gasteiger partial charge in [-0.2, -0.15) is 0 Å². The number of ether oxygens (including phenoxy) is 3. The van der Waals surface area contributed by atoms with Crippen molar-refractivity contribution in [2.75, 3.05) is 20.2 Å². The number of carbonyl (C=O) groups excluding carboxylic acids is 3. The van der Waals surface area contributed by atoms with Crippen molar-refractivity contribution in [1.29, 1.82) is 0 Å². The van der Waals surface area contributed by atoms with E-state index in [4.69, 9.17) is 24.2 Å². The molecule has 5 atom stereocenters. The molecule has 3 aliphatic heterocycles. The number of hydrogen-bond donors (Lipinski definition) is 3. The van der Waals surface area contributed by atoms with E-state index in [1.807, 2.05) is 45.7 Å². The quantitative estimate of drug-likeness (QED) is 0.149. The van der Waals surface area contributed by atoms with Crippen molar-refractivity contribution < 1.29 is 28.6 Å². The molecule has 5 aromatic rings. The lowest BCUT2D eigenvalue weighted by Crippen LogP contribution is -2.51. The maximum atomic E-state index is 13.9. The predicted molar refractivity (Wildman–Crippen MR) is 213 cm³/mol. The lowest BCUT2D eigenvalue weighted by atomic mass is 9.92. The van der Waals surface area contributed by atoms with Crippen LogP contribution in [-0.2, 0) is 20.9 Å². The number of nitrogens with zero attached hydrogens (tertiary/aromatic N) is 4. The highest BCUT2D eigenvalue weighted by Crippen LogP contribution is 2.43. The molecule has 3 N–H and O–H groups in total. The summed E-state index contributed by atoms with van der Waals surface area (Å²) < 4.78 is 17.0. The minimum atomic E-state index is -0.688. The average molecular weight is 762 g/mol. The summed E-state index contributed by atoms with van der Waals surface area (Å²) in [4.78, 5) is 59.6. The molecule has 3 amide bonds. The number of benzene rings is 3. The molecular formula is C43H51N7O6. The highest BCUT2D eigenvalue weighted by Gasteiger charge is 2.41. The van der Waals surface area contributed by atoms with Crippen LogP contribution in [0.3, 0.4) is 0 Å². The summed E-state index contributed by atoms with van der Waals surface area (Å²) in [7, 11) is 1.31. The van der Waals surface area contributed by atoms with Crippen LogP contribution in [-0.4, -0.2) is 79.7 Å². The van der Waals surface area contributed by atoms with Gasteiger partial charge in [0, 0.05) is 24.0 Å². The van der Waals surface area contributed by atoms with Crippen molar-refractivity contribution in [3.63, 3.8) is 0 Å². The number of fused-ring (bicyclic) bond motifs is 6. The van der Waals surface area contributed by atoms with E-state index >= 15 is 0 Å². The molecule has 56 heavy (non-hydrogen) atoms. The second-order valence-corrected chi connectivity index (χ2v) is 16.7. The molecule has 5 unspecified atom stereocenters. The van der Waals surface area contributed by atoms with E-state index in [0.717, 1.165) is 92.8 Å². The van der Waals surface area contributed by atoms with Gasteiger partial charge >= 0.3 is 12.2 Å². The summed E-state index contributed by atoms with van der Waals surface area (Å²) in [5.74, 6) is 2.38. The zero-order valence-corrected chi connectivity index (χ0v) is 33.2. The second kappa shape index (κ2) is 14.5. The van der Waals surface area contributed by atoms with Gasteiger partial charge in [-0.3, -0.25) is 9.69 Å². The van der Waals surface area contributed by atoms with Crippen LogP contribution in [0.2, 0.25) is 0 Å². The Labute approximate surface area is 326 Å². The maximum absolute atomic E-state index is 13.9. The van der Waals surface area contributed by atoms with Crippen LogP contribution in [0.5, 0.6) is 5.75 Å². The van der Waals surface area contributed by atoms with Gasteiger partial charge in [-0.15, -0.1) is 0 Å². The Balaban J connectivity index is 1.04. The summed E-state index contributed by atoms with van der Waals surface area (Å²) in [6, 6.07) is 13.7. The van der Waals surface area contributed by atoms with Crippen molar-refractivity contribution in [1.82, 2.24) is 35.1 Å². The molecule has 13 heteroatoms. The minimum absolute atomic E-state index is 0.0642. The molecule has 0 aliphatic carbocycles. The highest BCUT2D eigenvalue weighted by molar-refractivity contribution is 6.07. The Kier molecular flexibility index (Phi) is 9.66. The molecule has 3 aromatic carbocycles. The van der Waals surface area contributed by atoms with E-state index in [1.54, 1.807) is 4.90 Å². The van der Waals surface area contributed by atoms with Crippen molar-refractivity contribution in [3.8, 4) is 28.1 Å². The predicted octanol–water partition coefficient (Wildman–Crippen LogP) is 8.42. The molecule has 5 heterocycles. The van der Waals surface area contributed by atoms with E-state index in [9.17, 15) is 14.4 Å². The van der Waals surface area contributed by atoms with Crippen molar-refractivity contribution >= 4 is 39.9 Å². The summed E-state index contributed by atoms with van der Waals surface area (Å²) in [6.45, 7) is 13.4. The highest BCUT2D eigenvalue weighted by atomic mass is 16.6. The third-order valence-corrected chi connectivity index (χ3v) is 11.5. The van der Waals surface area contributed by atoms with Crippen LogP contribution in [0, 0.1) is 11.8 Å². The number of likely N-dealkylation sites (tertiary alicyclic amines) is 2. The topological polar surface area (TPSA) is 155 Å². The lowest BCUT2D eigenvalue weighted by Gasteiger charge is -2.30. The number of nitrogens with one attached hydrogen (secondary N) is 3. The third kappa shape index (κ3) is 6.92. The Morgan fingerprint density at radius 2 is 1.86 bits per heavy atom. The number of carbonyl (C=O) groups is 3. The molecule has 294 valence electrons. The van der Waals surface area contributed by atoms with Crippen LogP contribution in [0.1, 0.15) is 96.5 Å². The van der Waals surface area contributed by atoms with Crippen LogP contribution in [0.25, 0.3) is 44.2 Å². The fourth-order valence-corrected chi connectivity index (χ4v) is 8.47. The molecule has 2 saturated heterocycles.